The number of anilines is 1. The lowest BCUT2D eigenvalue weighted by Gasteiger charge is -2.25. The fourth-order valence-electron chi connectivity index (χ4n) is 3.18. The van der Waals surface area contributed by atoms with E-state index in [1.807, 2.05) is 6.92 Å². The van der Waals surface area contributed by atoms with Crippen molar-refractivity contribution < 1.29 is 22.7 Å². The summed E-state index contributed by atoms with van der Waals surface area (Å²) in [5.41, 5.74) is 4.07. The highest BCUT2D eigenvalue weighted by atomic mass is 35.5. The molecule has 0 saturated carbocycles. The third-order valence-corrected chi connectivity index (χ3v) is 6.94. The minimum atomic E-state index is -4.15. The predicted molar refractivity (Wildman–Crippen MR) is 142 cm³/mol. The van der Waals surface area contributed by atoms with Gasteiger partial charge in [0.05, 0.1) is 23.9 Å². The zero-order chi connectivity index (χ0) is 26.1. The molecule has 36 heavy (non-hydrogen) atoms. The Balaban J connectivity index is 1.86. The Labute approximate surface area is 215 Å². The number of methoxy groups -OCH3 is 1. The maximum absolute atomic E-state index is 13.6. The van der Waals surface area contributed by atoms with Crippen LogP contribution in [-0.4, -0.2) is 40.8 Å². The van der Waals surface area contributed by atoms with Gasteiger partial charge in [-0.2, -0.15) is 5.10 Å². The summed E-state index contributed by atoms with van der Waals surface area (Å²) in [4.78, 5) is 12.8. The first-order valence-electron chi connectivity index (χ1n) is 10.8. The average Bonchev–Trinajstić information content (AvgIpc) is 2.86. The van der Waals surface area contributed by atoms with Gasteiger partial charge in [0.15, 0.2) is 0 Å². The van der Waals surface area contributed by atoms with Crippen molar-refractivity contribution in [3.05, 3.63) is 95.5 Å². The standard InChI is InChI=1S/C26H26ClN3O5S/c1-4-14-35-22-7-5-6-20(15-22)17-28-29-26(31)18-30(24-16-21(27)10-13-25(24)34-3)36(32,33)23-11-8-19(2)9-12-23/h4-13,15-17H,1,14,18H2,2-3H3,(H,29,31)/b28-17+. The summed E-state index contributed by atoms with van der Waals surface area (Å²) in [5.74, 6) is 0.194. The third-order valence-electron chi connectivity index (χ3n) is 4.93. The number of ether oxygens (including phenoxy) is 2. The van der Waals surface area contributed by atoms with Crippen molar-refractivity contribution in [2.75, 3.05) is 24.6 Å². The molecule has 0 aliphatic rings. The van der Waals surface area contributed by atoms with Gasteiger partial charge in [0.25, 0.3) is 15.9 Å². The number of nitrogens with one attached hydrogen (secondary N) is 1. The van der Waals surface area contributed by atoms with Crippen LogP contribution in [0.3, 0.4) is 0 Å². The van der Waals surface area contributed by atoms with Crippen LogP contribution >= 0.6 is 11.6 Å². The number of hydrogen-bond donors (Lipinski definition) is 1. The molecule has 0 saturated heterocycles. The molecule has 3 aromatic carbocycles. The molecule has 0 aliphatic heterocycles. The fourth-order valence-corrected chi connectivity index (χ4v) is 4.77. The molecule has 8 nitrogen and oxygen atoms in total. The predicted octanol–water partition coefficient (Wildman–Crippen LogP) is 4.57. The van der Waals surface area contributed by atoms with Crippen molar-refractivity contribution in [2.45, 2.75) is 11.8 Å². The highest BCUT2D eigenvalue weighted by molar-refractivity contribution is 7.92. The highest BCUT2D eigenvalue weighted by Crippen LogP contribution is 2.34. The Morgan fingerprint density at radius 2 is 1.89 bits per heavy atom. The van der Waals surface area contributed by atoms with Gasteiger partial charge in [0, 0.05) is 5.02 Å². The van der Waals surface area contributed by atoms with E-state index in [9.17, 15) is 13.2 Å². The summed E-state index contributed by atoms with van der Waals surface area (Å²) in [6, 6.07) is 17.9. The Morgan fingerprint density at radius 3 is 2.58 bits per heavy atom. The van der Waals surface area contributed by atoms with E-state index in [2.05, 4.69) is 17.1 Å². The van der Waals surface area contributed by atoms with Crippen molar-refractivity contribution in [1.29, 1.82) is 0 Å². The van der Waals surface area contributed by atoms with Crippen LogP contribution < -0.4 is 19.2 Å². The molecule has 0 aromatic heterocycles. The molecule has 0 radical (unpaired) electrons. The van der Waals surface area contributed by atoms with Gasteiger partial charge < -0.3 is 9.47 Å². The van der Waals surface area contributed by atoms with E-state index >= 15 is 0 Å². The fraction of sp³-hybridized carbons (Fsp3) is 0.154. The molecular weight excluding hydrogens is 502 g/mol. The van der Waals surface area contributed by atoms with Crippen LogP contribution in [0.4, 0.5) is 5.69 Å². The Morgan fingerprint density at radius 1 is 1.14 bits per heavy atom. The van der Waals surface area contributed by atoms with E-state index in [1.165, 1.54) is 37.6 Å². The molecule has 10 heteroatoms. The smallest absolute Gasteiger partial charge is 0.264 e. The number of nitrogens with zero attached hydrogens (tertiary/aromatic N) is 2. The van der Waals surface area contributed by atoms with E-state index in [0.29, 0.717) is 17.9 Å². The first-order valence-corrected chi connectivity index (χ1v) is 12.6. The van der Waals surface area contributed by atoms with Crippen LogP contribution in [0, 0.1) is 6.92 Å². The lowest BCUT2D eigenvalue weighted by molar-refractivity contribution is -0.119. The monoisotopic (exact) mass is 527 g/mol. The van der Waals surface area contributed by atoms with Gasteiger partial charge in [-0.15, -0.1) is 0 Å². The van der Waals surface area contributed by atoms with E-state index in [4.69, 9.17) is 21.1 Å². The van der Waals surface area contributed by atoms with Crippen molar-refractivity contribution in [2.24, 2.45) is 5.10 Å². The molecule has 0 spiro atoms. The number of hydrogen-bond acceptors (Lipinski definition) is 6. The Hall–Kier alpha value is -3.82. The number of hydrazone groups is 1. The molecule has 3 rings (SSSR count). The molecular formula is C26H26ClN3O5S. The number of sulfonamides is 1. The summed E-state index contributed by atoms with van der Waals surface area (Å²) in [6.45, 7) is 5.25. The van der Waals surface area contributed by atoms with Crippen LogP contribution in [0.15, 0.2) is 89.4 Å². The van der Waals surface area contributed by atoms with Crippen molar-refractivity contribution in [1.82, 2.24) is 5.43 Å². The number of carbonyl (C=O) groups is 1. The van der Waals surface area contributed by atoms with Gasteiger partial charge >= 0.3 is 0 Å². The van der Waals surface area contributed by atoms with E-state index in [1.54, 1.807) is 48.5 Å². The molecule has 0 bridgehead atoms. The molecule has 188 valence electrons. The number of carbonyl (C=O) groups excluding carboxylic acids is 1. The van der Waals surface area contributed by atoms with Crippen LogP contribution in [0.2, 0.25) is 5.02 Å². The molecule has 0 heterocycles. The summed E-state index contributed by atoms with van der Waals surface area (Å²) in [6.07, 6.45) is 3.06. The zero-order valence-corrected chi connectivity index (χ0v) is 21.4. The summed E-state index contributed by atoms with van der Waals surface area (Å²) >= 11 is 6.15. The van der Waals surface area contributed by atoms with Crippen LogP contribution in [-0.2, 0) is 14.8 Å². The van der Waals surface area contributed by atoms with Crippen LogP contribution in [0.1, 0.15) is 11.1 Å². The molecule has 1 amide bonds. The van der Waals surface area contributed by atoms with Crippen molar-refractivity contribution >= 4 is 39.4 Å². The van der Waals surface area contributed by atoms with Gasteiger partial charge in [-0.25, -0.2) is 13.8 Å². The number of amides is 1. The lowest BCUT2D eigenvalue weighted by atomic mass is 10.2. The Kier molecular flexibility index (Phi) is 9.10. The second-order valence-electron chi connectivity index (χ2n) is 7.61. The first-order chi connectivity index (χ1) is 17.2. The summed E-state index contributed by atoms with van der Waals surface area (Å²) < 4.78 is 38.9. The molecule has 1 N–H and O–H groups in total. The normalized spacial score (nSPS) is 11.2. The summed E-state index contributed by atoms with van der Waals surface area (Å²) in [5, 5.41) is 4.24. The van der Waals surface area contributed by atoms with Gasteiger partial charge in [0.1, 0.15) is 24.7 Å². The van der Waals surface area contributed by atoms with Crippen molar-refractivity contribution in [3.8, 4) is 11.5 Å². The van der Waals surface area contributed by atoms with Gasteiger partial charge in [-0.05, 0) is 55.0 Å². The molecule has 3 aromatic rings. The minimum absolute atomic E-state index is 0.0165. The molecule has 0 fully saturated rings. The van der Waals surface area contributed by atoms with Gasteiger partial charge in [0.2, 0.25) is 0 Å². The summed E-state index contributed by atoms with van der Waals surface area (Å²) in [7, 11) is -2.75. The lowest BCUT2D eigenvalue weighted by Crippen LogP contribution is -2.39. The molecule has 0 atom stereocenters. The SMILES string of the molecule is C=CCOc1cccc(/C=N/NC(=O)CN(c2cc(Cl)ccc2OC)S(=O)(=O)c2ccc(C)cc2)c1. The maximum Gasteiger partial charge on any atom is 0.264 e. The van der Waals surface area contributed by atoms with E-state index in [-0.39, 0.29) is 21.4 Å². The largest absolute Gasteiger partial charge is 0.495 e. The molecule has 0 unspecified atom stereocenters. The number of aryl methyl sites for hydroxylation is 1. The first kappa shape index (κ1) is 26.8. The zero-order valence-electron chi connectivity index (χ0n) is 19.8. The second kappa shape index (κ2) is 12.2. The topological polar surface area (TPSA) is 97.3 Å². The second-order valence-corrected chi connectivity index (χ2v) is 9.90. The van der Waals surface area contributed by atoms with Crippen molar-refractivity contribution in [3.63, 3.8) is 0 Å². The Bertz CT molecular complexity index is 1360. The highest BCUT2D eigenvalue weighted by Gasteiger charge is 2.29. The van der Waals surface area contributed by atoms with Gasteiger partial charge in [-0.3, -0.25) is 9.10 Å². The number of benzene rings is 3. The third kappa shape index (κ3) is 6.87. The van der Waals surface area contributed by atoms with E-state index in [0.717, 1.165) is 9.87 Å². The average molecular weight is 528 g/mol. The molecule has 0 aliphatic carbocycles. The van der Waals surface area contributed by atoms with Gasteiger partial charge in [-0.1, -0.05) is 54.1 Å². The maximum atomic E-state index is 13.6. The quantitative estimate of drug-likeness (QED) is 0.224. The number of rotatable bonds is 11. The minimum Gasteiger partial charge on any atom is -0.495 e. The number of halogens is 1. The van der Waals surface area contributed by atoms with Crippen LogP contribution in [0.25, 0.3) is 0 Å². The van der Waals surface area contributed by atoms with Crippen LogP contribution in [0.5, 0.6) is 11.5 Å². The van der Waals surface area contributed by atoms with E-state index < -0.39 is 22.5 Å².